The molecule has 0 atom stereocenters. The highest BCUT2D eigenvalue weighted by Gasteiger charge is 2.16. The second kappa shape index (κ2) is 8.04. The molecule has 0 aromatic heterocycles. The van der Waals surface area contributed by atoms with Gasteiger partial charge in [-0.25, -0.2) is 8.78 Å². The van der Waals surface area contributed by atoms with Gasteiger partial charge in [0.15, 0.2) is 11.6 Å². The molecule has 126 valence electrons. The summed E-state index contributed by atoms with van der Waals surface area (Å²) in [4.78, 5) is 22.6. The van der Waals surface area contributed by atoms with Crippen molar-refractivity contribution in [1.82, 2.24) is 0 Å². The molecule has 0 aliphatic heterocycles. The minimum atomic E-state index is -0.985. The van der Waals surface area contributed by atoms with Crippen LogP contribution in [0.5, 0.6) is 0 Å². The lowest BCUT2D eigenvalue weighted by atomic mass is 10.3. The normalized spacial score (nSPS) is 10.5. The Bertz CT molecular complexity index is 798. The summed E-state index contributed by atoms with van der Waals surface area (Å²) in [6.07, 6.45) is 0. The Kier molecular flexibility index (Phi) is 6.30. The van der Waals surface area contributed by atoms with Crippen molar-refractivity contribution in [2.45, 2.75) is 4.90 Å². The number of carbonyl (C=O) groups is 1. The van der Waals surface area contributed by atoms with Crippen LogP contribution in [0.4, 0.5) is 20.2 Å². The van der Waals surface area contributed by atoms with Gasteiger partial charge >= 0.3 is 0 Å². The quantitative estimate of drug-likeness (QED) is 0.365. The van der Waals surface area contributed by atoms with E-state index < -0.39 is 22.5 Å². The third-order valence-corrected chi connectivity index (χ3v) is 5.01. The summed E-state index contributed by atoms with van der Waals surface area (Å²) in [7, 11) is 0. The first kappa shape index (κ1) is 18.8. The molecule has 2 aromatic rings. The molecular weight excluding hydrogens is 474 g/mol. The molecule has 0 aliphatic carbocycles. The summed E-state index contributed by atoms with van der Waals surface area (Å²) in [5.74, 6) is -2.38. The summed E-state index contributed by atoms with van der Waals surface area (Å²) in [6.45, 7) is 0. The van der Waals surface area contributed by atoms with Gasteiger partial charge in [-0.3, -0.25) is 14.9 Å². The second-order valence-corrected chi connectivity index (χ2v) is 7.21. The van der Waals surface area contributed by atoms with Gasteiger partial charge in [-0.15, -0.1) is 11.8 Å². The largest absolute Gasteiger partial charge is 0.323 e. The lowest BCUT2D eigenvalue weighted by molar-refractivity contribution is -0.385. The lowest BCUT2D eigenvalue weighted by Crippen LogP contribution is -2.15. The van der Waals surface area contributed by atoms with E-state index in [1.807, 2.05) is 0 Å². The number of thioether (sulfide) groups is 1. The number of nitro groups is 1. The highest BCUT2D eigenvalue weighted by molar-refractivity contribution is 9.11. The molecule has 0 aliphatic rings. The van der Waals surface area contributed by atoms with E-state index in [2.05, 4.69) is 37.2 Å². The van der Waals surface area contributed by atoms with E-state index in [1.54, 1.807) is 0 Å². The van der Waals surface area contributed by atoms with Crippen LogP contribution < -0.4 is 5.32 Å². The fourth-order valence-electron chi connectivity index (χ4n) is 1.68. The van der Waals surface area contributed by atoms with Gasteiger partial charge in [0.2, 0.25) is 5.91 Å². The van der Waals surface area contributed by atoms with Gasteiger partial charge in [0, 0.05) is 26.0 Å². The first-order chi connectivity index (χ1) is 11.3. The topological polar surface area (TPSA) is 72.2 Å². The number of nitrogens with zero attached hydrogens (tertiary/aromatic N) is 1. The maximum atomic E-state index is 13.1. The zero-order chi connectivity index (χ0) is 17.9. The maximum Gasteiger partial charge on any atom is 0.271 e. The van der Waals surface area contributed by atoms with E-state index in [9.17, 15) is 23.7 Å². The molecule has 5 nitrogen and oxygen atoms in total. The molecule has 0 saturated heterocycles. The van der Waals surface area contributed by atoms with Gasteiger partial charge in [0.05, 0.1) is 16.4 Å². The monoisotopic (exact) mass is 480 g/mol. The summed E-state index contributed by atoms with van der Waals surface area (Å²) in [5, 5.41) is 13.4. The van der Waals surface area contributed by atoms with Gasteiger partial charge in [-0.1, -0.05) is 0 Å². The van der Waals surface area contributed by atoms with Crippen molar-refractivity contribution in [3.05, 3.63) is 61.0 Å². The first-order valence-corrected chi connectivity index (χ1v) is 8.86. The first-order valence-electron chi connectivity index (χ1n) is 6.29. The Morgan fingerprint density at radius 2 is 1.79 bits per heavy atom. The van der Waals surface area contributed by atoms with Crippen molar-refractivity contribution >= 4 is 60.9 Å². The molecule has 1 amide bonds. The minimum absolute atomic E-state index is 0.0407. The molecular formula is C14H8Br2F2N2O3S. The summed E-state index contributed by atoms with van der Waals surface area (Å²) >= 11 is 7.35. The molecule has 0 fully saturated rings. The number of halogens is 4. The second-order valence-electron chi connectivity index (χ2n) is 4.45. The van der Waals surface area contributed by atoms with Gasteiger partial charge in [0.25, 0.3) is 5.69 Å². The molecule has 0 unspecified atom stereocenters. The third kappa shape index (κ3) is 4.74. The van der Waals surface area contributed by atoms with Crippen molar-refractivity contribution in [2.75, 3.05) is 11.1 Å². The number of benzene rings is 2. The number of non-ortho nitro benzene ring substituents is 1. The molecule has 0 heterocycles. The molecule has 0 bridgehead atoms. The molecule has 24 heavy (non-hydrogen) atoms. The van der Waals surface area contributed by atoms with E-state index in [0.717, 1.165) is 23.9 Å². The van der Waals surface area contributed by atoms with E-state index in [1.165, 1.54) is 18.2 Å². The number of anilines is 1. The van der Waals surface area contributed by atoms with Crippen LogP contribution in [0, 0.1) is 21.7 Å². The molecule has 2 rings (SSSR count). The molecule has 1 N–H and O–H groups in total. The van der Waals surface area contributed by atoms with E-state index in [0.29, 0.717) is 19.5 Å². The van der Waals surface area contributed by atoms with Gasteiger partial charge in [-0.05, 0) is 50.1 Å². The van der Waals surface area contributed by atoms with Crippen molar-refractivity contribution in [3.8, 4) is 0 Å². The Morgan fingerprint density at radius 3 is 2.33 bits per heavy atom. The van der Waals surface area contributed by atoms with Crippen LogP contribution in [-0.2, 0) is 4.79 Å². The van der Waals surface area contributed by atoms with Crippen LogP contribution in [0.25, 0.3) is 0 Å². The lowest BCUT2D eigenvalue weighted by Gasteiger charge is -2.09. The number of nitro benzene ring substituents is 1. The zero-order valence-corrected chi connectivity index (χ0v) is 15.7. The Hall–Kier alpha value is -1.52. The van der Waals surface area contributed by atoms with E-state index in [4.69, 9.17) is 0 Å². The van der Waals surface area contributed by atoms with Crippen LogP contribution in [0.15, 0.2) is 44.2 Å². The standard InChI is InChI=1S/C14H8Br2F2N2O3S/c15-9-3-7(20(22)23)4-10(16)14(9)19-13(21)6-24-8-1-2-11(17)12(18)5-8/h1-5H,6H2,(H,19,21). The third-order valence-electron chi connectivity index (χ3n) is 2.76. The average molecular weight is 482 g/mol. The summed E-state index contributed by atoms with van der Waals surface area (Å²) < 4.78 is 26.6. The van der Waals surface area contributed by atoms with Crippen molar-refractivity contribution < 1.29 is 18.5 Å². The predicted octanol–water partition coefficient (Wildman–Crippen LogP) is 5.13. The van der Waals surface area contributed by atoms with Crippen LogP contribution >= 0.6 is 43.6 Å². The molecule has 10 heteroatoms. The highest BCUT2D eigenvalue weighted by Crippen LogP contribution is 2.35. The van der Waals surface area contributed by atoms with Crippen LogP contribution in [0.1, 0.15) is 0 Å². The molecule has 0 spiro atoms. The van der Waals surface area contributed by atoms with E-state index in [-0.39, 0.29) is 11.4 Å². The molecule has 0 saturated carbocycles. The van der Waals surface area contributed by atoms with Crippen LogP contribution in [0.2, 0.25) is 0 Å². The Morgan fingerprint density at radius 1 is 1.17 bits per heavy atom. The zero-order valence-electron chi connectivity index (χ0n) is 11.7. The number of rotatable bonds is 5. The predicted molar refractivity (Wildman–Crippen MR) is 94.2 cm³/mol. The van der Waals surface area contributed by atoms with Gasteiger partial charge in [0.1, 0.15) is 0 Å². The van der Waals surface area contributed by atoms with Gasteiger partial charge < -0.3 is 5.32 Å². The number of hydrogen-bond donors (Lipinski definition) is 1. The fourth-order valence-corrected chi connectivity index (χ4v) is 3.76. The van der Waals surface area contributed by atoms with Crippen molar-refractivity contribution in [2.24, 2.45) is 0 Å². The Labute approximate surface area is 156 Å². The summed E-state index contributed by atoms with van der Waals surface area (Å²) in [5.41, 5.74) is 0.208. The SMILES string of the molecule is O=C(CSc1ccc(F)c(F)c1)Nc1c(Br)cc([N+](=O)[O-])cc1Br. The van der Waals surface area contributed by atoms with Crippen LogP contribution in [0.3, 0.4) is 0 Å². The number of amides is 1. The highest BCUT2D eigenvalue weighted by atomic mass is 79.9. The Balaban J connectivity index is 2.04. The number of nitrogens with one attached hydrogen (secondary N) is 1. The number of hydrogen-bond acceptors (Lipinski definition) is 4. The van der Waals surface area contributed by atoms with E-state index >= 15 is 0 Å². The fraction of sp³-hybridized carbons (Fsp3) is 0.0714. The van der Waals surface area contributed by atoms with Crippen molar-refractivity contribution in [3.63, 3.8) is 0 Å². The molecule has 0 radical (unpaired) electrons. The molecule has 2 aromatic carbocycles. The van der Waals surface area contributed by atoms with Gasteiger partial charge in [-0.2, -0.15) is 0 Å². The van der Waals surface area contributed by atoms with Crippen LogP contribution in [-0.4, -0.2) is 16.6 Å². The minimum Gasteiger partial charge on any atom is -0.323 e. The summed E-state index contributed by atoms with van der Waals surface area (Å²) in [6, 6.07) is 5.89. The maximum absolute atomic E-state index is 13.1. The van der Waals surface area contributed by atoms with Crippen molar-refractivity contribution in [1.29, 1.82) is 0 Å². The average Bonchev–Trinajstić information content (AvgIpc) is 2.51. The number of carbonyl (C=O) groups excluding carboxylic acids is 1. The smallest absolute Gasteiger partial charge is 0.271 e.